The van der Waals surface area contributed by atoms with E-state index in [0.29, 0.717) is 12.2 Å². The number of pyridine rings is 1. The zero-order valence-corrected chi connectivity index (χ0v) is 13.0. The highest BCUT2D eigenvalue weighted by atomic mass is 19.1. The molecule has 0 fully saturated rings. The quantitative estimate of drug-likeness (QED) is 0.901. The van der Waals surface area contributed by atoms with Crippen molar-refractivity contribution in [2.75, 3.05) is 17.3 Å². The van der Waals surface area contributed by atoms with Crippen LogP contribution in [0.1, 0.15) is 25.1 Å². The summed E-state index contributed by atoms with van der Waals surface area (Å²) in [7, 11) is 1.90. The molecule has 3 nitrogen and oxygen atoms in total. The Bertz CT molecular complexity index is 593. The summed E-state index contributed by atoms with van der Waals surface area (Å²) in [5, 5.41) is 3.22. The van der Waals surface area contributed by atoms with Crippen LogP contribution in [0.25, 0.3) is 0 Å². The van der Waals surface area contributed by atoms with E-state index < -0.39 is 0 Å². The summed E-state index contributed by atoms with van der Waals surface area (Å²) in [6.45, 7) is 6.66. The van der Waals surface area contributed by atoms with Crippen LogP contribution in [0, 0.1) is 12.7 Å². The summed E-state index contributed by atoms with van der Waals surface area (Å²) in [6.07, 6.45) is 1.83. The van der Waals surface area contributed by atoms with E-state index in [1.165, 1.54) is 6.07 Å². The third-order valence-corrected chi connectivity index (χ3v) is 3.57. The van der Waals surface area contributed by atoms with Gasteiger partial charge < -0.3 is 10.2 Å². The fraction of sp³-hybridized carbons (Fsp3) is 0.353. The average Bonchev–Trinajstić information content (AvgIpc) is 2.46. The highest BCUT2D eigenvalue weighted by molar-refractivity contribution is 5.56. The van der Waals surface area contributed by atoms with Crippen molar-refractivity contribution in [3.63, 3.8) is 0 Å². The average molecular weight is 287 g/mol. The van der Waals surface area contributed by atoms with Crippen molar-refractivity contribution in [2.24, 2.45) is 0 Å². The van der Waals surface area contributed by atoms with Crippen molar-refractivity contribution in [3.05, 3.63) is 53.6 Å². The van der Waals surface area contributed by atoms with Gasteiger partial charge in [0.15, 0.2) is 0 Å². The molecule has 0 spiro atoms. The lowest BCUT2D eigenvalue weighted by atomic mass is 10.2. The van der Waals surface area contributed by atoms with E-state index in [0.717, 1.165) is 16.9 Å². The summed E-state index contributed by atoms with van der Waals surface area (Å²) in [6, 6.07) is 9.50. The van der Waals surface area contributed by atoms with E-state index in [2.05, 4.69) is 10.3 Å². The van der Waals surface area contributed by atoms with Gasteiger partial charge in [-0.25, -0.2) is 4.39 Å². The van der Waals surface area contributed by atoms with Gasteiger partial charge in [0.2, 0.25) is 0 Å². The van der Waals surface area contributed by atoms with Crippen LogP contribution in [0.2, 0.25) is 0 Å². The molecule has 21 heavy (non-hydrogen) atoms. The molecule has 1 N–H and O–H groups in total. The minimum absolute atomic E-state index is 0.210. The fourth-order valence-electron chi connectivity index (χ4n) is 1.99. The van der Waals surface area contributed by atoms with Crippen LogP contribution >= 0.6 is 0 Å². The number of hydrogen-bond acceptors (Lipinski definition) is 3. The Morgan fingerprint density at radius 3 is 2.57 bits per heavy atom. The first kappa shape index (κ1) is 15.3. The molecule has 1 heterocycles. The summed E-state index contributed by atoms with van der Waals surface area (Å²) in [5.41, 5.74) is 3.46. The van der Waals surface area contributed by atoms with Crippen molar-refractivity contribution in [1.29, 1.82) is 0 Å². The maximum atomic E-state index is 14.1. The number of aromatic nitrogens is 1. The normalized spacial score (nSPS) is 10.8. The van der Waals surface area contributed by atoms with Crippen molar-refractivity contribution in [1.82, 2.24) is 4.98 Å². The molecule has 0 unspecified atom stereocenters. The summed E-state index contributed by atoms with van der Waals surface area (Å²) in [5.74, 6) is -0.210. The van der Waals surface area contributed by atoms with Crippen LogP contribution in [0.15, 0.2) is 36.5 Å². The van der Waals surface area contributed by atoms with Crippen LogP contribution in [0.3, 0.4) is 0 Å². The van der Waals surface area contributed by atoms with E-state index in [1.54, 1.807) is 0 Å². The minimum atomic E-state index is -0.210. The molecule has 0 bridgehead atoms. The number of nitrogens with zero attached hydrogens (tertiary/aromatic N) is 2. The molecule has 2 aromatic rings. The first-order chi connectivity index (χ1) is 9.97. The Hall–Kier alpha value is -2.10. The van der Waals surface area contributed by atoms with Gasteiger partial charge in [-0.2, -0.15) is 0 Å². The van der Waals surface area contributed by atoms with Gasteiger partial charge in [-0.15, -0.1) is 0 Å². The highest BCUT2D eigenvalue weighted by Crippen LogP contribution is 2.23. The first-order valence-corrected chi connectivity index (χ1v) is 7.15. The maximum Gasteiger partial charge on any atom is 0.148 e. The number of halogens is 1. The van der Waals surface area contributed by atoms with Crippen LogP contribution in [-0.2, 0) is 6.54 Å². The molecule has 112 valence electrons. The monoisotopic (exact) mass is 287 g/mol. The Labute approximate surface area is 125 Å². The number of rotatable bonds is 5. The van der Waals surface area contributed by atoms with E-state index >= 15 is 0 Å². The van der Waals surface area contributed by atoms with Crippen molar-refractivity contribution in [2.45, 2.75) is 33.4 Å². The number of anilines is 2. The Morgan fingerprint density at radius 2 is 2.00 bits per heavy atom. The lowest BCUT2D eigenvalue weighted by Gasteiger charge is -2.24. The Morgan fingerprint density at radius 1 is 1.24 bits per heavy atom. The van der Waals surface area contributed by atoms with Crippen molar-refractivity contribution in [3.8, 4) is 0 Å². The minimum Gasteiger partial charge on any atom is -0.381 e. The molecule has 1 aromatic heterocycles. The van der Waals surface area contributed by atoms with Crippen LogP contribution in [0.5, 0.6) is 0 Å². The molecule has 1 aromatic carbocycles. The predicted molar refractivity (Wildman–Crippen MR) is 86.2 cm³/mol. The smallest absolute Gasteiger partial charge is 0.148 e. The molecule has 0 atom stereocenters. The van der Waals surface area contributed by atoms with Crippen molar-refractivity contribution >= 4 is 11.4 Å². The lowest BCUT2D eigenvalue weighted by molar-refractivity contribution is 0.614. The molecule has 0 amide bonds. The highest BCUT2D eigenvalue weighted by Gasteiger charge is 2.10. The second-order valence-corrected chi connectivity index (χ2v) is 5.53. The van der Waals surface area contributed by atoms with Crippen LogP contribution in [-0.4, -0.2) is 18.1 Å². The number of aryl methyl sites for hydroxylation is 1. The van der Waals surface area contributed by atoms with Gasteiger partial charge in [-0.1, -0.05) is 6.07 Å². The Balaban J connectivity index is 2.05. The van der Waals surface area contributed by atoms with Gasteiger partial charge >= 0.3 is 0 Å². The lowest BCUT2D eigenvalue weighted by Crippen LogP contribution is -2.26. The molecule has 4 heteroatoms. The fourth-order valence-corrected chi connectivity index (χ4v) is 1.99. The third-order valence-electron chi connectivity index (χ3n) is 3.57. The SMILES string of the molecule is Cc1ccc(CNc2ccc(N(C)C(C)C)c(F)c2)cn1. The zero-order valence-electron chi connectivity index (χ0n) is 13.0. The summed E-state index contributed by atoms with van der Waals surface area (Å²) < 4.78 is 14.1. The van der Waals surface area contributed by atoms with Gasteiger partial charge in [-0.05, 0) is 50.6 Å². The molecule has 2 rings (SSSR count). The first-order valence-electron chi connectivity index (χ1n) is 7.15. The van der Waals surface area contributed by atoms with E-state index in [-0.39, 0.29) is 11.9 Å². The molecule has 0 aliphatic carbocycles. The number of benzene rings is 1. The van der Waals surface area contributed by atoms with E-state index in [9.17, 15) is 4.39 Å². The molecular weight excluding hydrogens is 265 g/mol. The standard InChI is InChI=1S/C17H22FN3/c1-12(2)21(4)17-8-7-15(9-16(17)18)20-11-14-6-5-13(3)19-10-14/h5-10,12,20H,11H2,1-4H3. The van der Waals surface area contributed by atoms with Gasteiger partial charge in [0.1, 0.15) is 5.82 Å². The predicted octanol–water partition coefficient (Wildman–Crippen LogP) is 3.99. The Kier molecular flexibility index (Phi) is 4.78. The molecule has 0 aliphatic rings. The number of nitrogens with one attached hydrogen (secondary N) is 1. The third kappa shape index (κ3) is 3.94. The van der Waals surface area contributed by atoms with Crippen LogP contribution in [0.4, 0.5) is 15.8 Å². The number of hydrogen-bond donors (Lipinski definition) is 1. The zero-order chi connectivity index (χ0) is 15.4. The van der Waals surface area contributed by atoms with E-state index in [4.69, 9.17) is 0 Å². The second-order valence-electron chi connectivity index (χ2n) is 5.53. The van der Waals surface area contributed by atoms with Gasteiger partial charge in [0, 0.05) is 37.2 Å². The molecular formula is C17H22FN3. The van der Waals surface area contributed by atoms with Gasteiger partial charge in [0.25, 0.3) is 0 Å². The van der Waals surface area contributed by atoms with Crippen molar-refractivity contribution < 1.29 is 4.39 Å². The largest absolute Gasteiger partial charge is 0.381 e. The maximum absolute atomic E-state index is 14.1. The molecule has 0 radical (unpaired) electrons. The molecule has 0 saturated heterocycles. The van der Waals surface area contributed by atoms with Gasteiger partial charge in [-0.3, -0.25) is 4.98 Å². The summed E-state index contributed by atoms with van der Waals surface area (Å²) >= 11 is 0. The molecule has 0 saturated carbocycles. The summed E-state index contributed by atoms with van der Waals surface area (Å²) in [4.78, 5) is 6.16. The second kappa shape index (κ2) is 6.57. The van der Waals surface area contributed by atoms with Crippen LogP contribution < -0.4 is 10.2 Å². The van der Waals surface area contributed by atoms with E-state index in [1.807, 2.05) is 63.2 Å². The molecule has 0 aliphatic heterocycles. The van der Waals surface area contributed by atoms with Gasteiger partial charge in [0.05, 0.1) is 5.69 Å². The topological polar surface area (TPSA) is 28.2 Å².